The van der Waals surface area contributed by atoms with Crippen LogP contribution in [0.4, 0.5) is 5.82 Å². The molecule has 1 aliphatic heterocycles. The Morgan fingerprint density at radius 2 is 2.18 bits per heavy atom. The first-order valence-electron chi connectivity index (χ1n) is 7.61. The van der Waals surface area contributed by atoms with Gasteiger partial charge in [-0.3, -0.25) is 0 Å². The van der Waals surface area contributed by atoms with Crippen molar-refractivity contribution in [2.24, 2.45) is 0 Å². The monoisotopic (exact) mass is 312 g/mol. The van der Waals surface area contributed by atoms with Crippen molar-refractivity contribution in [3.05, 3.63) is 53.7 Å². The van der Waals surface area contributed by atoms with E-state index in [0.29, 0.717) is 11.1 Å². The van der Waals surface area contributed by atoms with Gasteiger partial charge in [-0.2, -0.15) is 0 Å². The number of halogens is 1. The highest BCUT2D eigenvalue weighted by Gasteiger charge is 2.24. The van der Waals surface area contributed by atoms with Crippen molar-refractivity contribution in [2.45, 2.75) is 18.8 Å². The zero-order valence-electron chi connectivity index (χ0n) is 12.2. The Bertz CT molecular complexity index is 784. The minimum Gasteiger partial charge on any atom is -0.356 e. The molecule has 1 fully saturated rings. The third kappa shape index (κ3) is 2.44. The molecule has 1 aliphatic rings. The van der Waals surface area contributed by atoms with E-state index in [0.717, 1.165) is 48.3 Å². The molecule has 22 heavy (non-hydrogen) atoms. The molecular weight excluding hydrogens is 296 g/mol. The molecule has 0 radical (unpaired) electrons. The minimum atomic E-state index is 0.427. The van der Waals surface area contributed by atoms with Crippen LogP contribution in [0.1, 0.15) is 24.6 Å². The molecule has 1 aromatic carbocycles. The van der Waals surface area contributed by atoms with Crippen LogP contribution in [-0.2, 0) is 0 Å². The molecule has 4 rings (SSSR count). The average molecular weight is 313 g/mol. The molecule has 1 N–H and O–H groups in total. The minimum absolute atomic E-state index is 0.427. The number of aromatic nitrogens is 3. The number of benzene rings is 1. The fourth-order valence-corrected chi connectivity index (χ4v) is 3.47. The highest BCUT2D eigenvalue weighted by molar-refractivity contribution is 6.34. The number of rotatable bonds is 2. The number of piperidine rings is 1. The Balaban J connectivity index is 1.66. The molecule has 112 valence electrons. The van der Waals surface area contributed by atoms with E-state index < -0.39 is 0 Å². The Hall–Kier alpha value is -2.07. The highest BCUT2D eigenvalue weighted by atomic mass is 35.5. The summed E-state index contributed by atoms with van der Waals surface area (Å²) in [6.45, 7) is 1.94. The summed E-state index contributed by atoms with van der Waals surface area (Å²) in [7, 11) is 0. The SMILES string of the molecule is Clc1nc(N2CCCC(c3ncc[nH]3)C2)cc2ccccc12. The van der Waals surface area contributed by atoms with E-state index in [4.69, 9.17) is 11.6 Å². The van der Waals surface area contributed by atoms with Gasteiger partial charge in [-0.1, -0.05) is 35.9 Å². The standard InChI is InChI=1S/C17H17ClN4/c18-16-14-6-2-1-4-12(14)10-15(21-16)22-9-3-5-13(11-22)17-19-7-8-20-17/h1-2,4,6-8,10,13H,3,5,9,11H2,(H,19,20). The fourth-order valence-electron chi connectivity index (χ4n) is 3.21. The Morgan fingerprint density at radius 1 is 1.27 bits per heavy atom. The number of aromatic amines is 1. The van der Waals surface area contributed by atoms with Crippen LogP contribution in [0.25, 0.3) is 10.8 Å². The number of anilines is 1. The molecule has 0 spiro atoms. The molecular formula is C17H17ClN4. The summed E-state index contributed by atoms with van der Waals surface area (Å²) in [4.78, 5) is 14.6. The summed E-state index contributed by atoms with van der Waals surface area (Å²) in [6.07, 6.45) is 6.00. The third-order valence-corrected chi connectivity index (χ3v) is 4.62. The van der Waals surface area contributed by atoms with Crippen LogP contribution in [0.2, 0.25) is 5.15 Å². The number of nitrogens with zero attached hydrogens (tertiary/aromatic N) is 3. The maximum absolute atomic E-state index is 6.36. The molecule has 4 nitrogen and oxygen atoms in total. The van der Waals surface area contributed by atoms with E-state index in [9.17, 15) is 0 Å². The Morgan fingerprint density at radius 3 is 3.05 bits per heavy atom. The predicted molar refractivity (Wildman–Crippen MR) is 89.5 cm³/mol. The van der Waals surface area contributed by atoms with Crippen molar-refractivity contribution in [3.8, 4) is 0 Å². The second kappa shape index (κ2) is 5.61. The van der Waals surface area contributed by atoms with Gasteiger partial charge in [-0.05, 0) is 24.3 Å². The Kier molecular flexibility index (Phi) is 3.47. The summed E-state index contributed by atoms with van der Waals surface area (Å²) in [5.41, 5.74) is 0. The van der Waals surface area contributed by atoms with E-state index in [1.807, 2.05) is 30.6 Å². The van der Waals surface area contributed by atoms with Gasteiger partial charge >= 0.3 is 0 Å². The van der Waals surface area contributed by atoms with Gasteiger partial charge < -0.3 is 9.88 Å². The lowest BCUT2D eigenvalue weighted by molar-refractivity contribution is 0.492. The fraction of sp³-hybridized carbons (Fsp3) is 0.294. The van der Waals surface area contributed by atoms with E-state index in [1.54, 1.807) is 0 Å². The van der Waals surface area contributed by atoms with E-state index in [-0.39, 0.29) is 0 Å². The van der Waals surface area contributed by atoms with Gasteiger partial charge in [0.25, 0.3) is 0 Å². The van der Waals surface area contributed by atoms with E-state index in [1.165, 1.54) is 0 Å². The zero-order chi connectivity index (χ0) is 14.9. The molecule has 0 amide bonds. The summed E-state index contributed by atoms with van der Waals surface area (Å²) < 4.78 is 0. The van der Waals surface area contributed by atoms with Crippen molar-refractivity contribution >= 4 is 28.2 Å². The maximum Gasteiger partial charge on any atom is 0.139 e. The van der Waals surface area contributed by atoms with Crippen LogP contribution >= 0.6 is 11.6 Å². The Labute approximate surface area is 134 Å². The molecule has 2 aromatic heterocycles. The van der Waals surface area contributed by atoms with Crippen LogP contribution in [-0.4, -0.2) is 28.0 Å². The lowest BCUT2D eigenvalue weighted by atomic mass is 9.97. The van der Waals surface area contributed by atoms with Gasteiger partial charge in [-0.25, -0.2) is 9.97 Å². The van der Waals surface area contributed by atoms with Crippen LogP contribution in [0.15, 0.2) is 42.7 Å². The molecule has 0 bridgehead atoms. The molecule has 1 atom stereocenters. The zero-order valence-corrected chi connectivity index (χ0v) is 12.9. The number of hydrogen-bond donors (Lipinski definition) is 1. The van der Waals surface area contributed by atoms with Crippen LogP contribution in [0, 0.1) is 0 Å². The van der Waals surface area contributed by atoms with Crippen LogP contribution in [0.5, 0.6) is 0 Å². The lowest BCUT2D eigenvalue weighted by Crippen LogP contribution is -2.35. The van der Waals surface area contributed by atoms with Crippen LogP contribution < -0.4 is 4.90 Å². The number of imidazole rings is 1. The van der Waals surface area contributed by atoms with E-state index >= 15 is 0 Å². The first kappa shape index (κ1) is 13.6. The first-order valence-corrected chi connectivity index (χ1v) is 7.98. The largest absolute Gasteiger partial charge is 0.356 e. The summed E-state index contributed by atoms with van der Waals surface area (Å²) in [6, 6.07) is 10.2. The molecule has 5 heteroatoms. The van der Waals surface area contributed by atoms with Gasteiger partial charge in [0, 0.05) is 36.8 Å². The second-order valence-corrected chi connectivity index (χ2v) is 6.11. The molecule has 1 unspecified atom stereocenters. The number of nitrogens with one attached hydrogen (secondary N) is 1. The summed E-state index contributed by atoms with van der Waals surface area (Å²) in [5.74, 6) is 2.45. The number of H-pyrrole nitrogens is 1. The summed E-state index contributed by atoms with van der Waals surface area (Å²) in [5, 5.41) is 2.72. The van der Waals surface area contributed by atoms with Gasteiger partial charge in [-0.15, -0.1) is 0 Å². The number of pyridine rings is 1. The van der Waals surface area contributed by atoms with Gasteiger partial charge in [0.05, 0.1) is 0 Å². The normalized spacial score (nSPS) is 18.8. The third-order valence-electron chi connectivity index (χ3n) is 4.33. The number of fused-ring (bicyclic) bond motifs is 1. The van der Waals surface area contributed by atoms with E-state index in [2.05, 4.69) is 32.0 Å². The smallest absolute Gasteiger partial charge is 0.139 e. The van der Waals surface area contributed by atoms with Crippen molar-refractivity contribution in [1.29, 1.82) is 0 Å². The molecule has 1 saturated heterocycles. The first-order chi connectivity index (χ1) is 10.8. The number of hydrogen-bond acceptors (Lipinski definition) is 3. The quantitative estimate of drug-likeness (QED) is 0.728. The maximum atomic E-state index is 6.36. The van der Waals surface area contributed by atoms with Gasteiger partial charge in [0.15, 0.2) is 0 Å². The van der Waals surface area contributed by atoms with Crippen LogP contribution in [0.3, 0.4) is 0 Å². The van der Waals surface area contributed by atoms with Crippen molar-refractivity contribution in [2.75, 3.05) is 18.0 Å². The van der Waals surface area contributed by atoms with Gasteiger partial charge in [0.2, 0.25) is 0 Å². The average Bonchev–Trinajstić information content (AvgIpc) is 3.09. The van der Waals surface area contributed by atoms with Crippen molar-refractivity contribution < 1.29 is 0 Å². The predicted octanol–water partition coefficient (Wildman–Crippen LogP) is 4.00. The summed E-state index contributed by atoms with van der Waals surface area (Å²) >= 11 is 6.36. The molecule has 0 aliphatic carbocycles. The molecule has 3 heterocycles. The molecule has 0 saturated carbocycles. The van der Waals surface area contributed by atoms with Crippen molar-refractivity contribution in [1.82, 2.24) is 15.0 Å². The second-order valence-electron chi connectivity index (χ2n) is 5.75. The molecule has 3 aromatic rings. The highest BCUT2D eigenvalue weighted by Crippen LogP contribution is 2.31. The van der Waals surface area contributed by atoms with Crippen molar-refractivity contribution in [3.63, 3.8) is 0 Å². The lowest BCUT2D eigenvalue weighted by Gasteiger charge is -2.33. The topological polar surface area (TPSA) is 44.8 Å². The van der Waals surface area contributed by atoms with Gasteiger partial charge in [0.1, 0.15) is 16.8 Å².